The molecule has 3 saturated heterocycles. The Balaban J connectivity index is 1.23. The van der Waals surface area contributed by atoms with Gasteiger partial charge in [-0.2, -0.15) is 13.2 Å². The number of hydrazine groups is 1. The summed E-state index contributed by atoms with van der Waals surface area (Å²) in [5, 5.41) is 9.96. The SMILES string of the molecule is O=C(NC(=O)C1CCSC1NC(=O)C1CNC2CCNN2C1)OCC1CCCCC1C(F)(F)F. The molecule has 6 atom stereocenters. The number of halogens is 3. The molecule has 6 unspecified atom stereocenters. The average Bonchev–Trinajstić information content (AvgIpc) is 3.46. The number of hydrogen-bond acceptors (Lipinski definition) is 8. The number of thioether (sulfide) groups is 1. The van der Waals surface area contributed by atoms with Crippen molar-refractivity contribution in [3.8, 4) is 0 Å². The Morgan fingerprint density at radius 1 is 1.09 bits per heavy atom. The monoisotopic (exact) mass is 507 g/mol. The van der Waals surface area contributed by atoms with Crippen LogP contribution in [0.2, 0.25) is 0 Å². The summed E-state index contributed by atoms with van der Waals surface area (Å²) in [5.41, 5.74) is 3.24. The second-order valence-corrected chi connectivity index (χ2v) is 10.7. The zero-order valence-electron chi connectivity index (χ0n) is 18.9. The van der Waals surface area contributed by atoms with E-state index in [1.807, 2.05) is 5.01 Å². The van der Waals surface area contributed by atoms with Crippen LogP contribution in [0.3, 0.4) is 0 Å². The maximum Gasteiger partial charge on any atom is 0.413 e. The first kappa shape index (κ1) is 25.5. The van der Waals surface area contributed by atoms with Crippen LogP contribution >= 0.6 is 11.8 Å². The summed E-state index contributed by atoms with van der Waals surface area (Å²) in [5.74, 6) is -3.27. The highest BCUT2D eigenvalue weighted by Crippen LogP contribution is 2.41. The molecule has 3 amide bonds. The van der Waals surface area contributed by atoms with Gasteiger partial charge in [-0.1, -0.05) is 12.8 Å². The molecule has 4 rings (SSSR count). The zero-order chi connectivity index (χ0) is 24.3. The van der Waals surface area contributed by atoms with E-state index < -0.39 is 41.3 Å². The van der Waals surface area contributed by atoms with Crippen molar-refractivity contribution in [3.63, 3.8) is 0 Å². The molecule has 1 aliphatic carbocycles. The van der Waals surface area contributed by atoms with Crippen LogP contribution in [0.4, 0.5) is 18.0 Å². The molecule has 0 aromatic heterocycles. The maximum absolute atomic E-state index is 13.2. The first-order valence-corrected chi connectivity index (χ1v) is 13.0. The molecule has 34 heavy (non-hydrogen) atoms. The van der Waals surface area contributed by atoms with Crippen LogP contribution in [0.1, 0.15) is 38.5 Å². The van der Waals surface area contributed by atoms with Gasteiger partial charge in [0.15, 0.2) is 0 Å². The van der Waals surface area contributed by atoms with Crippen LogP contribution in [0.25, 0.3) is 0 Å². The number of ether oxygens (including phenoxy) is 1. The molecule has 1 saturated carbocycles. The van der Waals surface area contributed by atoms with Crippen LogP contribution in [-0.4, -0.2) is 72.6 Å². The number of alkyl halides is 3. The summed E-state index contributed by atoms with van der Waals surface area (Å²) in [6.07, 6.45) is -2.15. The van der Waals surface area contributed by atoms with Gasteiger partial charge in [0, 0.05) is 25.6 Å². The van der Waals surface area contributed by atoms with E-state index >= 15 is 0 Å². The summed E-state index contributed by atoms with van der Waals surface area (Å²) < 4.78 is 44.7. The molecular formula is C21H32F3N5O4S. The second kappa shape index (κ2) is 11.0. The number of alkyl carbamates (subject to hydrolysis) is 1. The van der Waals surface area contributed by atoms with Crippen molar-refractivity contribution in [3.05, 3.63) is 0 Å². The minimum absolute atomic E-state index is 0.0315. The number of hydrogen-bond donors (Lipinski definition) is 4. The number of nitrogens with one attached hydrogen (secondary N) is 4. The van der Waals surface area contributed by atoms with E-state index in [-0.39, 0.29) is 31.0 Å². The van der Waals surface area contributed by atoms with Crippen LogP contribution in [0.15, 0.2) is 0 Å². The lowest BCUT2D eigenvalue weighted by atomic mass is 9.79. The first-order chi connectivity index (χ1) is 16.2. The Labute approximate surface area is 200 Å². The van der Waals surface area contributed by atoms with E-state index in [1.165, 1.54) is 11.8 Å². The third-order valence-electron chi connectivity index (χ3n) is 7.19. The molecule has 4 N–H and O–H groups in total. The van der Waals surface area contributed by atoms with Gasteiger partial charge in [0.1, 0.15) is 0 Å². The fourth-order valence-corrected chi connectivity index (χ4v) is 6.61. The van der Waals surface area contributed by atoms with E-state index in [2.05, 4.69) is 21.4 Å². The molecular weight excluding hydrogens is 475 g/mol. The van der Waals surface area contributed by atoms with Crippen molar-refractivity contribution in [1.29, 1.82) is 0 Å². The van der Waals surface area contributed by atoms with E-state index in [4.69, 9.17) is 4.74 Å². The van der Waals surface area contributed by atoms with Gasteiger partial charge in [0.2, 0.25) is 11.8 Å². The molecule has 3 heterocycles. The standard InChI is InChI=1S/C21H32F3N5O4S/c22-21(23,24)15-4-2-1-3-12(15)11-33-20(32)28-18(31)14-6-8-34-19(14)27-17(30)13-9-25-16-5-7-26-29(16)10-13/h12-16,19,25-26H,1-11H2,(H,27,30)(H,28,31,32). The molecule has 0 aromatic carbocycles. The Bertz CT molecular complexity index is 773. The van der Waals surface area contributed by atoms with Gasteiger partial charge in [-0.05, 0) is 31.4 Å². The van der Waals surface area contributed by atoms with E-state index in [0.717, 1.165) is 13.0 Å². The third-order valence-corrected chi connectivity index (χ3v) is 8.47. The van der Waals surface area contributed by atoms with Crippen molar-refractivity contribution in [1.82, 2.24) is 26.4 Å². The Morgan fingerprint density at radius 3 is 2.68 bits per heavy atom. The minimum Gasteiger partial charge on any atom is -0.449 e. The van der Waals surface area contributed by atoms with Gasteiger partial charge in [0.25, 0.3) is 0 Å². The molecule has 13 heteroatoms. The molecule has 0 bridgehead atoms. The predicted molar refractivity (Wildman–Crippen MR) is 118 cm³/mol. The van der Waals surface area contributed by atoms with Crippen LogP contribution in [-0.2, 0) is 14.3 Å². The summed E-state index contributed by atoms with van der Waals surface area (Å²) >= 11 is 1.44. The van der Waals surface area contributed by atoms with Crippen LogP contribution < -0.4 is 21.4 Å². The number of fused-ring (bicyclic) bond motifs is 1. The molecule has 0 radical (unpaired) electrons. The number of amides is 3. The first-order valence-electron chi connectivity index (χ1n) is 11.9. The lowest BCUT2D eigenvalue weighted by molar-refractivity contribution is -0.199. The number of nitrogens with zero attached hydrogens (tertiary/aromatic N) is 1. The highest BCUT2D eigenvalue weighted by atomic mass is 32.2. The molecule has 4 aliphatic rings. The summed E-state index contributed by atoms with van der Waals surface area (Å²) in [7, 11) is 0. The topological polar surface area (TPSA) is 112 Å². The molecule has 3 aliphatic heterocycles. The van der Waals surface area contributed by atoms with Gasteiger partial charge in [0.05, 0.1) is 35.9 Å². The third kappa shape index (κ3) is 6.16. The van der Waals surface area contributed by atoms with E-state index in [1.54, 1.807) is 0 Å². The highest BCUT2D eigenvalue weighted by molar-refractivity contribution is 8.00. The Kier molecular flexibility index (Phi) is 8.26. The lowest BCUT2D eigenvalue weighted by Crippen LogP contribution is -2.59. The van der Waals surface area contributed by atoms with Crippen molar-refractivity contribution in [2.24, 2.45) is 23.7 Å². The van der Waals surface area contributed by atoms with Crippen molar-refractivity contribution >= 4 is 29.7 Å². The summed E-state index contributed by atoms with van der Waals surface area (Å²) in [4.78, 5) is 37.6. The number of carbonyl (C=O) groups excluding carboxylic acids is 3. The normalized spacial score (nSPS) is 34.3. The van der Waals surface area contributed by atoms with Crippen molar-refractivity contribution in [2.45, 2.75) is 56.2 Å². The molecule has 0 aromatic rings. The smallest absolute Gasteiger partial charge is 0.413 e. The van der Waals surface area contributed by atoms with Crippen LogP contribution in [0.5, 0.6) is 0 Å². The summed E-state index contributed by atoms with van der Waals surface area (Å²) in [6, 6.07) is 0. The quantitative estimate of drug-likeness (QED) is 0.444. The molecule has 0 spiro atoms. The van der Waals surface area contributed by atoms with Gasteiger partial charge in [-0.3, -0.25) is 25.6 Å². The maximum atomic E-state index is 13.2. The van der Waals surface area contributed by atoms with Crippen molar-refractivity contribution in [2.75, 3.05) is 32.0 Å². The van der Waals surface area contributed by atoms with E-state index in [9.17, 15) is 27.6 Å². The lowest BCUT2D eigenvalue weighted by Gasteiger charge is -2.35. The average molecular weight is 508 g/mol. The second-order valence-electron chi connectivity index (χ2n) is 9.45. The Hall–Kier alpha value is -1.57. The van der Waals surface area contributed by atoms with Gasteiger partial charge < -0.3 is 10.1 Å². The molecule has 4 fully saturated rings. The molecule has 192 valence electrons. The van der Waals surface area contributed by atoms with E-state index in [0.29, 0.717) is 44.5 Å². The summed E-state index contributed by atoms with van der Waals surface area (Å²) in [6.45, 7) is 1.61. The van der Waals surface area contributed by atoms with Crippen molar-refractivity contribution < 1.29 is 32.3 Å². The highest BCUT2D eigenvalue weighted by Gasteiger charge is 2.46. The van der Waals surface area contributed by atoms with Crippen LogP contribution in [0, 0.1) is 23.7 Å². The number of carbonyl (C=O) groups is 3. The molecule has 9 nitrogen and oxygen atoms in total. The number of rotatable bonds is 5. The number of imide groups is 1. The largest absolute Gasteiger partial charge is 0.449 e. The minimum atomic E-state index is -4.33. The van der Waals surface area contributed by atoms with Gasteiger partial charge in [-0.25, -0.2) is 9.80 Å². The Morgan fingerprint density at radius 2 is 1.88 bits per heavy atom. The van der Waals surface area contributed by atoms with Gasteiger partial charge in [-0.15, -0.1) is 11.8 Å². The predicted octanol–water partition coefficient (Wildman–Crippen LogP) is 1.56. The fraction of sp³-hybridized carbons (Fsp3) is 0.857. The van der Waals surface area contributed by atoms with Gasteiger partial charge >= 0.3 is 12.3 Å². The zero-order valence-corrected chi connectivity index (χ0v) is 19.7. The fourth-order valence-electron chi connectivity index (χ4n) is 5.28.